The van der Waals surface area contributed by atoms with Gasteiger partial charge in [0.25, 0.3) is 0 Å². The van der Waals surface area contributed by atoms with Crippen molar-refractivity contribution in [2.45, 2.75) is 33.1 Å². The topological polar surface area (TPSA) is 119 Å². The van der Waals surface area contributed by atoms with Crippen LogP contribution in [0.2, 0.25) is 0 Å². The van der Waals surface area contributed by atoms with Gasteiger partial charge in [-0.1, -0.05) is 33.1 Å². The normalized spacial score (nSPS) is 5.27. The van der Waals surface area contributed by atoms with Gasteiger partial charge in [-0.05, 0) is 10.4 Å². The molecule has 1 N–H and O–H groups in total. The summed E-state index contributed by atoms with van der Waals surface area (Å²) in [5, 5.41) is 0. The Hall–Kier alpha value is -1.38. The first kappa shape index (κ1) is 16.3. The minimum Gasteiger partial charge on any atom is -0.373 e. The fraction of sp³-hybridized carbons (Fsp3) is 1.00. The minimum absolute atomic E-state index is 1.34. The van der Waals surface area contributed by atoms with Crippen molar-refractivity contribution in [3.8, 4) is 0 Å². The number of hydrogen-bond donors (Lipinski definition) is 1. The SMILES string of the molecule is CCCCC.[N-]=[N+]=N.[N-]=[N+]=[N-]. The Morgan fingerprint density at radius 2 is 1.27 bits per heavy atom. The summed E-state index contributed by atoms with van der Waals surface area (Å²) >= 11 is 0. The van der Waals surface area contributed by atoms with Crippen molar-refractivity contribution in [3.05, 3.63) is 26.4 Å². The van der Waals surface area contributed by atoms with Crippen molar-refractivity contribution in [1.82, 2.24) is 0 Å². The molecule has 0 amide bonds. The summed E-state index contributed by atoms with van der Waals surface area (Å²) < 4.78 is 0. The molecule has 0 aliphatic rings. The molecule has 0 aliphatic carbocycles. The van der Waals surface area contributed by atoms with E-state index in [9.17, 15) is 0 Å². The Labute approximate surface area is 66.1 Å². The fourth-order valence-corrected chi connectivity index (χ4v) is 0.354. The largest absolute Gasteiger partial charge is 0.373 e. The van der Waals surface area contributed by atoms with Crippen molar-refractivity contribution in [3.63, 3.8) is 0 Å². The van der Waals surface area contributed by atoms with Gasteiger partial charge in [-0.15, -0.1) is 5.53 Å². The van der Waals surface area contributed by atoms with E-state index in [1.165, 1.54) is 24.2 Å². The molecule has 0 aromatic heterocycles. The van der Waals surface area contributed by atoms with Gasteiger partial charge in [0.05, 0.1) is 0 Å². The molecular formula is C5H13N6-. The number of nitrogens with zero attached hydrogens (tertiary/aromatic N) is 5. The molecule has 0 bridgehead atoms. The van der Waals surface area contributed by atoms with Crippen LogP contribution < -0.4 is 0 Å². The molecular weight excluding hydrogens is 144 g/mol. The van der Waals surface area contributed by atoms with Crippen LogP contribution in [0.15, 0.2) is 0 Å². The zero-order valence-corrected chi connectivity index (χ0v) is 6.86. The molecule has 0 saturated heterocycles. The van der Waals surface area contributed by atoms with Crippen LogP contribution in [0.25, 0.3) is 26.4 Å². The highest BCUT2D eigenvalue weighted by molar-refractivity contribution is 4.36. The lowest BCUT2D eigenvalue weighted by molar-refractivity contribution is 0.772. The predicted molar refractivity (Wildman–Crippen MR) is 44.7 cm³/mol. The van der Waals surface area contributed by atoms with E-state index in [2.05, 4.69) is 13.8 Å². The van der Waals surface area contributed by atoms with E-state index in [0.29, 0.717) is 0 Å². The van der Waals surface area contributed by atoms with Gasteiger partial charge >= 0.3 is 0 Å². The molecule has 0 radical (unpaired) electrons. The Morgan fingerprint density at radius 1 is 1.09 bits per heavy atom. The van der Waals surface area contributed by atoms with Crippen LogP contribution >= 0.6 is 0 Å². The van der Waals surface area contributed by atoms with Gasteiger partial charge in [-0.3, -0.25) is 4.91 Å². The van der Waals surface area contributed by atoms with E-state index >= 15 is 0 Å². The molecule has 0 spiro atoms. The monoisotopic (exact) mass is 157 g/mol. The van der Waals surface area contributed by atoms with Crippen LogP contribution in [0, 0.1) is 5.53 Å². The maximum Gasteiger partial charge on any atom is -0.00208 e. The van der Waals surface area contributed by atoms with Gasteiger partial charge in [0.1, 0.15) is 0 Å². The minimum atomic E-state index is 1.34. The van der Waals surface area contributed by atoms with Crippen molar-refractivity contribution in [1.29, 1.82) is 5.53 Å². The molecule has 64 valence electrons. The second kappa shape index (κ2) is 38.2. The van der Waals surface area contributed by atoms with E-state index in [-0.39, 0.29) is 0 Å². The van der Waals surface area contributed by atoms with E-state index in [4.69, 9.17) is 22.1 Å². The van der Waals surface area contributed by atoms with Crippen LogP contribution in [0.4, 0.5) is 0 Å². The van der Waals surface area contributed by atoms with Gasteiger partial charge in [-0.25, -0.2) is 0 Å². The van der Waals surface area contributed by atoms with Gasteiger partial charge in [-0.2, -0.15) is 0 Å². The molecule has 11 heavy (non-hydrogen) atoms. The average Bonchev–Trinajstić information content (AvgIpc) is 1.92. The third-order valence-electron chi connectivity index (χ3n) is 0.707. The lowest BCUT2D eigenvalue weighted by Crippen LogP contribution is -1.59. The first-order valence-electron chi connectivity index (χ1n) is 3.24. The molecule has 0 fully saturated rings. The summed E-state index contributed by atoms with van der Waals surface area (Å²) in [5.41, 5.74) is 25.8. The summed E-state index contributed by atoms with van der Waals surface area (Å²) in [4.78, 5) is 3.25. The van der Waals surface area contributed by atoms with Crippen molar-refractivity contribution in [2.24, 2.45) is 0 Å². The van der Waals surface area contributed by atoms with E-state index < -0.39 is 0 Å². The first-order valence-corrected chi connectivity index (χ1v) is 3.24. The number of hydrogen-bond acceptors (Lipinski definition) is 1. The summed E-state index contributed by atoms with van der Waals surface area (Å²) in [6.07, 6.45) is 4.08. The average molecular weight is 157 g/mol. The molecule has 0 atom stereocenters. The standard InChI is InChI=1S/C5H12.HN3.N3/c1-3-5-4-2;2*1-3-2/h3-5H2,1-2H3;1H;/q;;-1. The molecule has 6 heteroatoms. The molecule has 0 aliphatic heterocycles. The molecule has 0 aromatic rings. The Bertz CT molecular complexity index is 94.1. The third kappa shape index (κ3) is 983. The van der Waals surface area contributed by atoms with Crippen molar-refractivity contribution < 1.29 is 0 Å². The highest BCUT2D eigenvalue weighted by atomic mass is 15.0. The summed E-state index contributed by atoms with van der Waals surface area (Å²) in [7, 11) is 0. The fourth-order valence-electron chi connectivity index (χ4n) is 0.354. The van der Waals surface area contributed by atoms with Crippen LogP contribution in [0.5, 0.6) is 0 Å². The third-order valence-corrected chi connectivity index (χ3v) is 0.707. The van der Waals surface area contributed by atoms with Crippen LogP contribution in [-0.2, 0) is 0 Å². The molecule has 0 saturated carbocycles. The Kier molecular flexibility index (Phi) is 56.6. The number of rotatable bonds is 2. The Balaban J connectivity index is -0.0000000933. The first-order chi connectivity index (χ1) is 5.24. The van der Waals surface area contributed by atoms with Crippen LogP contribution in [-0.4, -0.2) is 0 Å². The van der Waals surface area contributed by atoms with Gasteiger partial charge in [0, 0.05) is 0 Å². The van der Waals surface area contributed by atoms with E-state index in [0.717, 1.165) is 0 Å². The highest BCUT2D eigenvalue weighted by Crippen LogP contribution is 1.88. The van der Waals surface area contributed by atoms with Gasteiger partial charge in [0.2, 0.25) is 0 Å². The van der Waals surface area contributed by atoms with Gasteiger partial charge < -0.3 is 11.1 Å². The maximum absolute atomic E-state index is 6.86. The lowest BCUT2D eigenvalue weighted by Gasteiger charge is -1.79. The van der Waals surface area contributed by atoms with Crippen molar-refractivity contribution >= 4 is 0 Å². The summed E-state index contributed by atoms with van der Waals surface area (Å²) in [6.45, 7) is 4.42. The Morgan fingerprint density at radius 3 is 1.27 bits per heavy atom. The van der Waals surface area contributed by atoms with Crippen molar-refractivity contribution in [2.75, 3.05) is 0 Å². The second-order valence-electron chi connectivity index (χ2n) is 1.54. The zero-order valence-electron chi connectivity index (χ0n) is 6.86. The van der Waals surface area contributed by atoms with Gasteiger partial charge in [0.15, 0.2) is 0 Å². The smallest absolute Gasteiger partial charge is 0.00208 e. The predicted octanol–water partition coefficient (Wildman–Crippen LogP) is 3.94. The zero-order chi connectivity index (χ0) is 9.54. The second-order valence-corrected chi connectivity index (χ2v) is 1.54. The van der Waals surface area contributed by atoms with E-state index in [1.807, 2.05) is 0 Å². The summed E-state index contributed by atoms with van der Waals surface area (Å²) in [5.74, 6) is 0. The number of nitrogens with one attached hydrogen (secondary N) is 1. The van der Waals surface area contributed by atoms with Crippen LogP contribution in [0.1, 0.15) is 33.1 Å². The molecule has 0 unspecified atom stereocenters. The van der Waals surface area contributed by atoms with Crippen LogP contribution in [0.3, 0.4) is 0 Å². The van der Waals surface area contributed by atoms with E-state index in [1.54, 1.807) is 4.91 Å². The molecule has 0 aromatic carbocycles. The quantitative estimate of drug-likeness (QED) is 0.354. The highest BCUT2D eigenvalue weighted by Gasteiger charge is 1.68. The summed E-state index contributed by atoms with van der Waals surface area (Å²) in [6, 6.07) is 0. The molecule has 6 nitrogen and oxygen atoms in total. The maximum atomic E-state index is 6.86. The lowest BCUT2D eigenvalue weighted by atomic mass is 10.3. The number of unbranched alkanes of at least 4 members (excludes halogenated alkanes) is 2. The molecule has 0 rings (SSSR count). The molecule has 0 heterocycles.